The molecule has 0 aliphatic carbocycles. The van der Waals surface area contributed by atoms with E-state index in [2.05, 4.69) is 10.1 Å². The van der Waals surface area contributed by atoms with E-state index in [1.807, 2.05) is 61.5 Å². The Balaban J connectivity index is 1.76. The van der Waals surface area contributed by atoms with E-state index >= 15 is 0 Å². The molecular weight excluding hydrogens is 336 g/mol. The lowest BCUT2D eigenvalue weighted by Crippen LogP contribution is -2.30. The van der Waals surface area contributed by atoms with Crippen LogP contribution in [0.15, 0.2) is 67.3 Å². The predicted octanol–water partition coefficient (Wildman–Crippen LogP) is 2.79. The van der Waals surface area contributed by atoms with E-state index in [4.69, 9.17) is 0 Å². The summed E-state index contributed by atoms with van der Waals surface area (Å²) in [6.07, 6.45) is 3.09. The zero-order valence-corrected chi connectivity index (χ0v) is 15.0. The van der Waals surface area contributed by atoms with Crippen molar-refractivity contribution in [2.45, 2.75) is 18.7 Å². The number of sulfonamides is 1. The minimum Gasteiger partial charge on any atom is -0.223 e. The summed E-state index contributed by atoms with van der Waals surface area (Å²) in [7, 11) is -1.79. The van der Waals surface area contributed by atoms with Crippen LogP contribution in [-0.4, -0.2) is 34.5 Å². The van der Waals surface area contributed by atoms with Gasteiger partial charge in [0.15, 0.2) is 0 Å². The second kappa shape index (κ2) is 7.16. The van der Waals surface area contributed by atoms with Crippen LogP contribution in [0.3, 0.4) is 0 Å². The maximum absolute atomic E-state index is 12.7. The molecule has 7 heteroatoms. The number of benzene rings is 2. The third-order valence-corrected chi connectivity index (χ3v) is 6.13. The lowest BCUT2D eigenvalue weighted by atomic mass is 10.1. The molecule has 0 saturated carbocycles. The summed E-state index contributed by atoms with van der Waals surface area (Å²) < 4.78 is 28.4. The molecule has 1 heterocycles. The fourth-order valence-corrected chi connectivity index (χ4v) is 4.01. The molecule has 0 amide bonds. The van der Waals surface area contributed by atoms with E-state index < -0.39 is 10.0 Å². The molecule has 0 N–H and O–H groups in total. The van der Waals surface area contributed by atoms with Crippen molar-refractivity contribution in [3.63, 3.8) is 0 Å². The molecule has 1 unspecified atom stereocenters. The number of hydrogen-bond acceptors (Lipinski definition) is 4. The normalized spacial score (nSPS) is 13.1. The molecule has 130 valence electrons. The van der Waals surface area contributed by atoms with Crippen LogP contribution in [0, 0.1) is 0 Å². The Morgan fingerprint density at radius 2 is 1.76 bits per heavy atom. The van der Waals surface area contributed by atoms with E-state index in [0.717, 1.165) is 16.8 Å². The van der Waals surface area contributed by atoms with Gasteiger partial charge in [-0.1, -0.05) is 42.5 Å². The van der Waals surface area contributed by atoms with Gasteiger partial charge in [-0.3, -0.25) is 0 Å². The minimum atomic E-state index is -3.41. The SMILES string of the molecule is CC(c1ccc(-n2cncn2)cc1)N(C)S(=O)(=O)Cc1ccccc1. The highest BCUT2D eigenvalue weighted by molar-refractivity contribution is 7.88. The van der Waals surface area contributed by atoms with Gasteiger partial charge in [0.1, 0.15) is 12.7 Å². The lowest BCUT2D eigenvalue weighted by molar-refractivity contribution is 0.398. The third-order valence-electron chi connectivity index (χ3n) is 4.23. The number of nitrogens with zero attached hydrogens (tertiary/aromatic N) is 4. The van der Waals surface area contributed by atoms with Crippen molar-refractivity contribution >= 4 is 10.0 Å². The first kappa shape index (κ1) is 17.3. The highest BCUT2D eigenvalue weighted by Gasteiger charge is 2.24. The van der Waals surface area contributed by atoms with Gasteiger partial charge in [0.25, 0.3) is 0 Å². The zero-order chi connectivity index (χ0) is 17.9. The second-order valence-electron chi connectivity index (χ2n) is 5.87. The van der Waals surface area contributed by atoms with Crippen LogP contribution < -0.4 is 0 Å². The largest absolute Gasteiger partial charge is 0.223 e. The lowest BCUT2D eigenvalue weighted by Gasteiger charge is -2.25. The van der Waals surface area contributed by atoms with Crippen molar-refractivity contribution in [3.8, 4) is 5.69 Å². The summed E-state index contributed by atoms with van der Waals surface area (Å²) >= 11 is 0. The molecule has 3 aromatic rings. The average molecular weight is 356 g/mol. The molecule has 0 saturated heterocycles. The number of rotatable bonds is 6. The van der Waals surface area contributed by atoms with Gasteiger partial charge >= 0.3 is 0 Å². The molecular formula is C18H20N4O2S. The van der Waals surface area contributed by atoms with E-state index in [9.17, 15) is 8.42 Å². The van der Waals surface area contributed by atoms with Gasteiger partial charge in [0.05, 0.1) is 11.4 Å². The van der Waals surface area contributed by atoms with Crippen molar-refractivity contribution in [2.24, 2.45) is 0 Å². The Bertz CT molecular complexity index is 907. The van der Waals surface area contributed by atoms with E-state index in [1.54, 1.807) is 18.1 Å². The first-order chi connectivity index (χ1) is 12.0. The summed E-state index contributed by atoms with van der Waals surface area (Å²) in [5, 5.41) is 4.08. The van der Waals surface area contributed by atoms with Crippen molar-refractivity contribution in [2.75, 3.05) is 7.05 Å². The van der Waals surface area contributed by atoms with Crippen molar-refractivity contribution in [1.29, 1.82) is 0 Å². The maximum Gasteiger partial charge on any atom is 0.218 e. The Morgan fingerprint density at radius 3 is 2.36 bits per heavy atom. The molecule has 0 fully saturated rings. The maximum atomic E-state index is 12.7. The Kier molecular flexibility index (Phi) is 4.96. The van der Waals surface area contributed by atoms with Crippen molar-refractivity contribution in [3.05, 3.63) is 78.4 Å². The van der Waals surface area contributed by atoms with Gasteiger partial charge < -0.3 is 0 Å². The summed E-state index contributed by atoms with van der Waals surface area (Å²) in [6, 6.07) is 16.6. The number of hydrogen-bond donors (Lipinski definition) is 0. The molecule has 1 aromatic heterocycles. The van der Waals surface area contributed by atoms with Crippen LogP contribution >= 0.6 is 0 Å². The van der Waals surface area contributed by atoms with Gasteiger partial charge in [0, 0.05) is 13.1 Å². The molecule has 0 aliphatic rings. The molecule has 0 bridgehead atoms. The summed E-state index contributed by atoms with van der Waals surface area (Å²) in [5.41, 5.74) is 2.58. The Labute approximate surface area is 147 Å². The van der Waals surface area contributed by atoms with Crippen LogP contribution in [0.1, 0.15) is 24.1 Å². The fraction of sp³-hybridized carbons (Fsp3) is 0.222. The monoisotopic (exact) mass is 356 g/mol. The molecule has 25 heavy (non-hydrogen) atoms. The van der Waals surface area contributed by atoms with E-state index in [1.165, 1.54) is 10.6 Å². The van der Waals surface area contributed by atoms with Crippen molar-refractivity contribution < 1.29 is 8.42 Å². The fourth-order valence-electron chi connectivity index (χ4n) is 2.58. The average Bonchev–Trinajstić information content (AvgIpc) is 3.16. The summed E-state index contributed by atoms with van der Waals surface area (Å²) in [6.45, 7) is 1.88. The summed E-state index contributed by atoms with van der Waals surface area (Å²) in [5.74, 6) is -0.00821. The highest BCUT2D eigenvalue weighted by atomic mass is 32.2. The van der Waals surface area contributed by atoms with Crippen LogP contribution in [0.5, 0.6) is 0 Å². The van der Waals surface area contributed by atoms with E-state index in [-0.39, 0.29) is 11.8 Å². The molecule has 0 aliphatic heterocycles. The number of aromatic nitrogens is 3. The van der Waals surface area contributed by atoms with Crippen molar-refractivity contribution in [1.82, 2.24) is 19.1 Å². The van der Waals surface area contributed by atoms with Gasteiger partial charge in [0.2, 0.25) is 10.0 Å². The molecule has 1 atom stereocenters. The smallest absolute Gasteiger partial charge is 0.218 e. The highest BCUT2D eigenvalue weighted by Crippen LogP contribution is 2.24. The van der Waals surface area contributed by atoms with Gasteiger partial charge in [-0.15, -0.1) is 0 Å². The van der Waals surface area contributed by atoms with Crippen LogP contribution in [0.25, 0.3) is 5.69 Å². The van der Waals surface area contributed by atoms with Crippen LogP contribution in [0.4, 0.5) is 0 Å². The van der Waals surface area contributed by atoms with Crippen LogP contribution in [-0.2, 0) is 15.8 Å². The Morgan fingerprint density at radius 1 is 1.08 bits per heavy atom. The zero-order valence-electron chi connectivity index (χ0n) is 14.1. The second-order valence-corrected chi connectivity index (χ2v) is 7.89. The van der Waals surface area contributed by atoms with Crippen LogP contribution in [0.2, 0.25) is 0 Å². The molecule has 2 aromatic carbocycles. The topological polar surface area (TPSA) is 68.1 Å². The molecule has 0 radical (unpaired) electrons. The quantitative estimate of drug-likeness (QED) is 0.681. The molecule has 0 spiro atoms. The standard InChI is InChI=1S/C18H20N4O2S/c1-15(17-8-10-18(11-9-17)22-14-19-13-20-22)21(2)25(23,24)12-16-6-4-3-5-7-16/h3-11,13-15H,12H2,1-2H3. The van der Waals surface area contributed by atoms with Gasteiger partial charge in [-0.2, -0.15) is 9.40 Å². The third kappa shape index (κ3) is 3.94. The first-order valence-electron chi connectivity index (χ1n) is 7.92. The predicted molar refractivity (Wildman–Crippen MR) is 96.6 cm³/mol. The Hall–Kier alpha value is -2.51. The first-order valence-corrected chi connectivity index (χ1v) is 9.53. The van der Waals surface area contributed by atoms with E-state index in [0.29, 0.717) is 0 Å². The van der Waals surface area contributed by atoms with Gasteiger partial charge in [-0.05, 0) is 30.2 Å². The summed E-state index contributed by atoms with van der Waals surface area (Å²) in [4.78, 5) is 3.92. The van der Waals surface area contributed by atoms with Gasteiger partial charge in [-0.25, -0.2) is 18.1 Å². The molecule has 3 rings (SSSR count). The molecule has 6 nitrogen and oxygen atoms in total. The minimum absolute atomic E-state index is 0.00821.